The van der Waals surface area contributed by atoms with E-state index in [2.05, 4.69) is 49.3 Å². The van der Waals surface area contributed by atoms with Crippen molar-refractivity contribution in [2.75, 3.05) is 39.4 Å². The van der Waals surface area contributed by atoms with Crippen molar-refractivity contribution in [3.8, 4) is 16.8 Å². The molecular weight excluding hydrogens is 708 g/mol. The van der Waals surface area contributed by atoms with Crippen molar-refractivity contribution in [3.63, 3.8) is 0 Å². The van der Waals surface area contributed by atoms with Gasteiger partial charge in [0.1, 0.15) is 6.79 Å². The van der Waals surface area contributed by atoms with Crippen molar-refractivity contribution in [2.45, 2.75) is 69.3 Å². The third-order valence-electron chi connectivity index (χ3n) is 8.63. The molecule has 50 heavy (non-hydrogen) atoms. The molecule has 2 aromatic heterocycles. The topological polar surface area (TPSA) is 113 Å². The number of hydrogen-bond donors (Lipinski definition) is 0. The molecule has 1 unspecified atom stereocenters. The molecule has 1 aliphatic heterocycles. The van der Waals surface area contributed by atoms with Gasteiger partial charge >= 0.3 is 0 Å². The van der Waals surface area contributed by atoms with Crippen molar-refractivity contribution in [1.82, 2.24) is 19.4 Å². The average molecular weight is 758 g/mol. The van der Waals surface area contributed by atoms with E-state index in [1.54, 1.807) is 10.6 Å². The lowest BCUT2D eigenvalue weighted by Crippen LogP contribution is -2.30. The Hall–Kier alpha value is -2.92. The zero-order chi connectivity index (χ0) is 36.3. The fourth-order valence-electron chi connectivity index (χ4n) is 5.67. The first-order chi connectivity index (χ1) is 23.5. The fourth-order valence-corrected chi connectivity index (χ4v) is 8.19. The Bertz CT molecular complexity index is 1890. The molecule has 0 aliphatic carbocycles. The summed E-state index contributed by atoms with van der Waals surface area (Å²) in [4.78, 5) is 24.1. The van der Waals surface area contributed by atoms with Crippen molar-refractivity contribution < 1.29 is 27.4 Å². The molecule has 5 rings (SSSR count). The summed E-state index contributed by atoms with van der Waals surface area (Å²) in [6.07, 6.45) is 3.42. The highest BCUT2D eigenvalue weighted by atomic mass is 35.5. The number of halogens is 1. The second-order valence-corrected chi connectivity index (χ2v) is 29.2. The highest BCUT2D eigenvalue weighted by Gasteiger charge is 2.32. The number of aromatic nitrogens is 3. The van der Waals surface area contributed by atoms with Gasteiger partial charge in [0.2, 0.25) is 5.44 Å². The number of carbonyl (C=O) groups excluding carboxylic acids is 1. The number of benzene rings is 2. The molecule has 2 atom stereocenters. The summed E-state index contributed by atoms with van der Waals surface area (Å²) >= 11 is 6.34. The molecule has 3 heterocycles. The fraction of sp³-hybridized carbons (Fsp3) is 0.472. The van der Waals surface area contributed by atoms with E-state index in [9.17, 15) is 13.2 Å². The Morgan fingerprint density at radius 3 is 2.20 bits per heavy atom. The standard InChI is InChI=1S/C36H49ClN4O6SSi2/c1-48(43,44)36(46-19-21-50(5,6)7)34-39-33-32(22-29(37)23-38-33)41(34)30-14-12-27(13-15-30)26-8-10-28(11-9-26)35(42)40-17-16-31(24-40)47-25-45-18-20-49(2,3)4/h8-15,22-23,31,36H,16-21,24-25H2,1-7H3/t31-,36?/m1/s1. The molecule has 14 heteroatoms. The maximum absolute atomic E-state index is 13.3. The smallest absolute Gasteiger partial charge is 0.253 e. The molecule has 1 saturated heterocycles. The first-order valence-electron chi connectivity index (χ1n) is 17.0. The first-order valence-corrected chi connectivity index (χ1v) is 26.8. The molecule has 1 amide bonds. The Morgan fingerprint density at radius 1 is 0.960 bits per heavy atom. The van der Waals surface area contributed by atoms with Crippen LogP contribution in [0.15, 0.2) is 60.8 Å². The summed E-state index contributed by atoms with van der Waals surface area (Å²) in [5.41, 5.74) is 2.86. The van der Waals surface area contributed by atoms with Crippen molar-refractivity contribution in [1.29, 1.82) is 0 Å². The van der Waals surface area contributed by atoms with Crippen LogP contribution in [0.3, 0.4) is 0 Å². The maximum atomic E-state index is 13.3. The average Bonchev–Trinajstić information content (AvgIpc) is 3.66. The van der Waals surface area contributed by atoms with Crippen molar-refractivity contribution in [3.05, 3.63) is 77.2 Å². The molecule has 0 N–H and O–H groups in total. The van der Waals surface area contributed by atoms with Crippen LogP contribution in [0.1, 0.15) is 28.0 Å². The predicted molar refractivity (Wildman–Crippen MR) is 205 cm³/mol. The second kappa shape index (κ2) is 15.8. The Morgan fingerprint density at radius 2 is 1.58 bits per heavy atom. The maximum Gasteiger partial charge on any atom is 0.253 e. The Balaban J connectivity index is 1.30. The number of hydrogen-bond acceptors (Lipinski definition) is 8. The van der Waals surface area contributed by atoms with E-state index < -0.39 is 31.4 Å². The first kappa shape index (κ1) is 38.3. The molecule has 0 spiro atoms. The summed E-state index contributed by atoms with van der Waals surface area (Å²) in [5.74, 6) is 0.212. The number of sulfone groups is 1. The molecule has 0 saturated carbocycles. The van der Waals surface area contributed by atoms with Gasteiger partial charge in [0.25, 0.3) is 5.91 Å². The molecule has 1 aliphatic rings. The van der Waals surface area contributed by atoms with Gasteiger partial charge in [0.15, 0.2) is 21.3 Å². The molecule has 0 bridgehead atoms. The van der Waals surface area contributed by atoms with Crippen LogP contribution in [0.25, 0.3) is 28.0 Å². The number of carbonyl (C=O) groups is 1. The van der Waals surface area contributed by atoms with Crippen LogP contribution in [0, 0.1) is 0 Å². The van der Waals surface area contributed by atoms with E-state index >= 15 is 0 Å². The molecule has 0 radical (unpaired) electrons. The summed E-state index contributed by atoms with van der Waals surface area (Å²) in [6.45, 7) is 16.1. The zero-order valence-corrected chi connectivity index (χ0v) is 33.7. The molecule has 270 valence electrons. The summed E-state index contributed by atoms with van der Waals surface area (Å²) < 4.78 is 45.5. The number of nitrogens with zero attached hydrogens (tertiary/aromatic N) is 4. The summed E-state index contributed by atoms with van der Waals surface area (Å²) in [5, 5.41) is 0.408. The van der Waals surface area contributed by atoms with Gasteiger partial charge in [-0.2, -0.15) is 0 Å². The van der Waals surface area contributed by atoms with Crippen LogP contribution in [-0.4, -0.2) is 95.4 Å². The van der Waals surface area contributed by atoms with E-state index in [0.29, 0.717) is 53.7 Å². The number of fused-ring (bicyclic) bond motifs is 1. The lowest BCUT2D eigenvalue weighted by Gasteiger charge is -2.21. The van der Waals surface area contributed by atoms with Crippen LogP contribution < -0.4 is 0 Å². The van der Waals surface area contributed by atoms with Crippen molar-refractivity contribution >= 4 is 54.7 Å². The van der Waals surface area contributed by atoms with E-state index in [-0.39, 0.29) is 24.6 Å². The monoisotopic (exact) mass is 756 g/mol. The highest BCUT2D eigenvalue weighted by Crippen LogP contribution is 2.32. The third-order valence-corrected chi connectivity index (χ3v) is 13.4. The van der Waals surface area contributed by atoms with Gasteiger partial charge in [-0.3, -0.25) is 9.36 Å². The minimum absolute atomic E-state index is 0.0167. The Labute approximate surface area is 303 Å². The highest BCUT2D eigenvalue weighted by molar-refractivity contribution is 7.90. The number of amides is 1. The zero-order valence-electron chi connectivity index (χ0n) is 30.1. The molecule has 2 aromatic carbocycles. The number of imidazole rings is 1. The number of likely N-dealkylation sites (tertiary alicyclic amines) is 1. The van der Waals surface area contributed by atoms with Gasteiger partial charge in [-0.05, 0) is 60.0 Å². The minimum Gasteiger partial charge on any atom is -0.356 e. The van der Waals surface area contributed by atoms with Crippen molar-refractivity contribution in [2.24, 2.45) is 0 Å². The van der Waals surface area contributed by atoms with Crippen LogP contribution in [0.5, 0.6) is 0 Å². The van der Waals surface area contributed by atoms with Crippen LogP contribution >= 0.6 is 11.6 Å². The predicted octanol–water partition coefficient (Wildman–Crippen LogP) is 7.68. The molecule has 4 aromatic rings. The molecule has 1 fully saturated rings. The van der Waals surface area contributed by atoms with Crippen LogP contribution in [-0.2, 0) is 24.0 Å². The molecular formula is C36H49ClN4O6SSi2. The lowest BCUT2D eigenvalue weighted by atomic mass is 10.0. The quantitative estimate of drug-likeness (QED) is 0.0690. The normalized spacial score (nSPS) is 16.3. The van der Waals surface area contributed by atoms with Gasteiger partial charge in [-0.15, -0.1) is 0 Å². The van der Waals surface area contributed by atoms with Gasteiger partial charge in [-0.25, -0.2) is 18.4 Å². The largest absolute Gasteiger partial charge is 0.356 e. The number of pyridine rings is 1. The lowest BCUT2D eigenvalue weighted by molar-refractivity contribution is -0.0815. The summed E-state index contributed by atoms with van der Waals surface area (Å²) in [6, 6.07) is 18.9. The van der Waals surface area contributed by atoms with Crippen LogP contribution in [0.2, 0.25) is 56.4 Å². The van der Waals surface area contributed by atoms with E-state index in [1.165, 1.54) is 6.20 Å². The number of ether oxygens (including phenoxy) is 3. The minimum atomic E-state index is -3.70. The SMILES string of the molecule is C[Si](C)(C)CCOCO[C@@H]1CCN(C(=O)c2ccc(-c3ccc(-n4c(C(OCC[Si](C)(C)C)S(C)(=O)=O)nc5ncc(Cl)cc54)cc3)cc2)C1. The van der Waals surface area contributed by atoms with Gasteiger partial charge in [0.05, 0.1) is 16.6 Å². The Kier molecular flexibility index (Phi) is 12.1. The van der Waals surface area contributed by atoms with Crippen LogP contribution in [0.4, 0.5) is 0 Å². The van der Waals surface area contributed by atoms with Gasteiger partial charge in [0, 0.05) is 66.2 Å². The van der Waals surface area contributed by atoms with E-state index in [4.69, 9.17) is 25.8 Å². The summed E-state index contributed by atoms with van der Waals surface area (Å²) in [7, 11) is -6.32. The molecule has 10 nitrogen and oxygen atoms in total. The third kappa shape index (κ3) is 10.1. The number of rotatable bonds is 15. The van der Waals surface area contributed by atoms with Gasteiger partial charge in [-0.1, -0.05) is 75.1 Å². The van der Waals surface area contributed by atoms with Gasteiger partial charge < -0.3 is 19.1 Å². The van der Waals surface area contributed by atoms with E-state index in [1.807, 2.05) is 53.4 Å². The van der Waals surface area contributed by atoms with E-state index in [0.717, 1.165) is 35.9 Å². The second-order valence-electron chi connectivity index (χ2n) is 15.4.